The molecule has 1 N–H and O–H groups in total. The summed E-state index contributed by atoms with van der Waals surface area (Å²) in [4.78, 5) is 28.3. The predicted molar refractivity (Wildman–Crippen MR) is 115 cm³/mol. The molecule has 0 atom stereocenters. The second-order valence-electron chi connectivity index (χ2n) is 6.40. The highest BCUT2D eigenvalue weighted by Gasteiger charge is 2.39. The second-order valence-corrected chi connectivity index (χ2v) is 7.79. The fourth-order valence-electron chi connectivity index (χ4n) is 3.08. The third kappa shape index (κ3) is 3.90. The molecule has 2 aromatic carbocycles. The van der Waals surface area contributed by atoms with E-state index in [-0.39, 0.29) is 24.1 Å². The van der Waals surface area contributed by atoms with Crippen molar-refractivity contribution in [1.29, 1.82) is 0 Å². The number of ether oxygens (including phenoxy) is 1. The summed E-state index contributed by atoms with van der Waals surface area (Å²) in [5.41, 5.74) is 2.18. The van der Waals surface area contributed by atoms with E-state index in [1.54, 1.807) is 43.5 Å². The SMILES string of the molecule is COc1ccc(NC2=C(c3cccs3)C(=O)N(Cc3ccc(Cl)cc3)C2=O)cc1. The van der Waals surface area contributed by atoms with Crippen molar-refractivity contribution in [2.24, 2.45) is 0 Å². The number of carbonyl (C=O) groups is 2. The second kappa shape index (κ2) is 8.11. The molecule has 0 aliphatic carbocycles. The van der Waals surface area contributed by atoms with Gasteiger partial charge in [0.1, 0.15) is 11.4 Å². The predicted octanol–water partition coefficient (Wildman–Crippen LogP) is 4.80. The van der Waals surface area contributed by atoms with E-state index in [9.17, 15) is 9.59 Å². The molecule has 1 aliphatic heterocycles. The van der Waals surface area contributed by atoms with Gasteiger partial charge in [-0.15, -0.1) is 11.3 Å². The molecule has 2 heterocycles. The Kier molecular flexibility index (Phi) is 5.38. The molecule has 146 valence electrons. The van der Waals surface area contributed by atoms with Gasteiger partial charge in [-0.25, -0.2) is 0 Å². The minimum atomic E-state index is -0.357. The van der Waals surface area contributed by atoms with Crippen LogP contribution in [0.2, 0.25) is 5.02 Å². The van der Waals surface area contributed by atoms with Crippen molar-refractivity contribution in [3.63, 3.8) is 0 Å². The average Bonchev–Trinajstić information content (AvgIpc) is 3.33. The van der Waals surface area contributed by atoms with E-state index in [1.807, 2.05) is 29.6 Å². The first-order valence-electron chi connectivity index (χ1n) is 8.86. The number of imide groups is 1. The van der Waals surface area contributed by atoms with E-state index < -0.39 is 0 Å². The minimum Gasteiger partial charge on any atom is -0.497 e. The number of hydrogen-bond donors (Lipinski definition) is 1. The van der Waals surface area contributed by atoms with Crippen LogP contribution in [-0.2, 0) is 16.1 Å². The third-order valence-electron chi connectivity index (χ3n) is 4.55. The molecule has 3 aromatic rings. The van der Waals surface area contributed by atoms with E-state index in [0.717, 1.165) is 10.4 Å². The van der Waals surface area contributed by atoms with Crippen LogP contribution in [0.1, 0.15) is 10.4 Å². The molecule has 4 rings (SSSR count). The molecule has 0 saturated heterocycles. The zero-order valence-corrected chi connectivity index (χ0v) is 17.1. The lowest BCUT2D eigenvalue weighted by Crippen LogP contribution is -2.31. The van der Waals surface area contributed by atoms with Crippen LogP contribution in [-0.4, -0.2) is 23.8 Å². The van der Waals surface area contributed by atoms with Gasteiger partial charge in [-0.3, -0.25) is 14.5 Å². The van der Waals surface area contributed by atoms with Gasteiger partial charge in [-0.1, -0.05) is 29.8 Å². The fraction of sp³-hybridized carbons (Fsp3) is 0.0909. The van der Waals surface area contributed by atoms with Gasteiger partial charge in [-0.2, -0.15) is 0 Å². The van der Waals surface area contributed by atoms with Gasteiger partial charge in [0, 0.05) is 15.6 Å². The summed E-state index contributed by atoms with van der Waals surface area (Å²) >= 11 is 7.36. The van der Waals surface area contributed by atoms with Crippen LogP contribution in [0.15, 0.2) is 71.7 Å². The largest absolute Gasteiger partial charge is 0.497 e. The molecule has 0 radical (unpaired) electrons. The Labute approximate surface area is 177 Å². The third-order valence-corrected chi connectivity index (χ3v) is 5.69. The van der Waals surface area contributed by atoms with Crippen molar-refractivity contribution in [1.82, 2.24) is 4.90 Å². The molecule has 29 heavy (non-hydrogen) atoms. The van der Waals surface area contributed by atoms with Crippen LogP contribution in [0.25, 0.3) is 5.57 Å². The molecular weight excluding hydrogens is 408 g/mol. The molecular formula is C22H17ClN2O3S. The molecule has 0 bridgehead atoms. The molecule has 0 fully saturated rings. The number of halogens is 1. The lowest BCUT2D eigenvalue weighted by molar-refractivity contribution is -0.137. The van der Waals surface area contributed by atoms with E-state index in [2.05, 4.69) is 5.32 Å². The Balaban J connectivity index is 1.67. The first kappa shape index (κ1) is 19.2. The van der Waals surface area contributed by atoms with Gasteiger partial charge in [0.15, 0.2) is 0 Å². The minimum absolute atomic E-state index is 0.178. The van der Waals surface area contributed by atoms with E-state index in [4.69, 9.17) is 16.3 Å². The molecule has 0 spiro atoms. The van der Waals surface area contributed by atoms with Gasteiger partial charge in [0.2, 0.25) is 0 Å². The maximum Gasteiger partial charge on any atom is 0.278 e. The molecule has 5 nitrogen and oxygen atoms in total. The highest BCUT2D eigenvalue weighted by Crippen LogP contribution is 2.34. The smallest absolute Gasteiger partial charge is 0.278 e. The number of rotatable bonds is 6. The number of amides is 2. The number of thiophene rings is 1. The highest BCUT2D eigenvalue weighted by molar-refractivity contribution is 7.11. The maximum absolute atomic E-state index is 13.2. The van der Waals surface area contributed by atoms with E-state index in [0.29, 0.717) is 22.0 Å². The van der Waals surface area contributed by atoms with Gasteiger partial charge >= 0.3 is 0 Å². The van der Waals surface area contributed by atoms with Crippen molar-refractivity contribution in [2.45, 2.75) is 6.54 Å². The number of hydrogen-bond acceptors (Lipinski definition) is 5. The summed E-state index contributed by atoms with van der Waals surface area (Å²) in [6.07, 6.45) is 0. The Morgan fingerprint density at radius 2 is 1.72 bits per heavy atom. The zero-order valence-electron chi connectivity index (χ0n) is 15.5. The molecule has 1 aliphatic rings. The van der Waals surface area contributed by atoms with Crippen LogP contribution in [0.4, 0.5) is 5.69 Å². The molecule has 7 heteroatoms. The lowest BCUT2D eigenvalue weighted by Gasteiger charge is -2.15. The Hall–Kier alpha value is -3.09. The van der Waals surface area contributed by atoms with Crippen LogP contribution in [0, 0.1) is 0 Å². The summed E-state index contributed by atoms with van der Waals surface area (Å²) in [5, 5.41) is 5.62. The van der Waals surface area contributed by atoms with E-state index in [1.165, 1.54) is 16.2 Å². The van der Waals surface area contributed by atoms with Crippen molar-refractivity contribution in [2.75, 3.05) is 12.4 Å². The van der Waals surface area contributed by atoms with Crippen LogP contribution >= 0.6 is 22.9 Å². The Morgan fingerprint density at radius 3 is 2.34 bits per heavy atom. The molecule has 2 amide bonds. The molecule has 0 saturated carbocycles. The number of methoxy groups -OCH3 is 1. The highest BCUT2D eigenvalue weighted by atomic mass is 35.5. The quantitative estimate of drug-likeness (QED) is 0.577. The summed E-state index contributed by atoms with van der Waals surface area (Å²) < 4.78 is 5.17. The Bertz CT molecular complexity index is 1070. The van der Waals surface area contributed by atoms with E-state index >= 15 is 0 Å². The van der Waals surface area contributed by atoms with Crippen LogP contribution < -0.4 is 10.1 Å². The van der Waals surface area contributed by atoms with Gasteiger partial charge in [-0.05, 0) is 53.4 Å². The number of carbonyl (C=O) groups excluding carboxylic acids is 2. The monoisotopic (exact) mass is 424 g/mol. The van der Waals surface area contributed by atoms with Crippen molar-refractivity contribution in [3.05, 3.63) is 87.2 Å². The summed E-state index contributed by atoms with van der Waals surface area (Å²) in [7, 11) is 1.59. The van der Waals surface area contributed by atoms with Gasteiger partial charge in [0.25, 0.3) is 11.8 Å². The summed E-state index contributed by atoms with van der Waals surface area (Å²) in [6, 6.07) is 18.0. The lowest BCUT2D eigenvalue weighted by atomic mass is 10.2. The first-order valence-corrected chi connectivity index (χ1v) is 10.1. The van der Waals surface area contributed by atoms with Crippen molar-refractivity contribution >= 4 is 46.0 Å². The summed E-state index contributed by atoms with van der Waals surface area (Å²) in [6.45, 7) is 0.178. The fourth-order valence-corrected chi connectivity index (χ4v) is 3.97. The van der Waals surface area contributed by atoms with Gasteiger partial charge < -0.3 is 10.1 Å². The molecule has 1 aromatic heterocycles. The normalized spacial score (nSPS) is 13.9. The number of nitrogens with one attached hydrogen (secondary N) is 1. The van der Waals surface area contributed by atoms with Gasteiger partial charge in [0.05, 0.1) is 19.2 Å². The average molecular weight is 425 g/mol. The standard InChI is InChI=1S/C22H17ClN2O3S/c1-28-17-10-8-16(9-11-17)24-20-19(18-3-2-12-29-18)21(26)25(22(20)27)13-14-4-6-15(23)7-5-14/h2-12,24H,13H2,1H3. The number of nitrogens with zero attached hydrogens (tertiary/aromatic N) is 1. The Morgan fingerprint density at radius 1 is 1.00 bits per heavy atom. The topological polar surface area (TPSA) is 58.6 Å². The molecule has 0 unspecified atom stereocenters. The first-order chi connectivity index (χ1) is 14.1. The number of anilines is 1. The number of benzene rings is 2. The maximum atomic E-state index is 13.2. The van der Waals surface area contributed by atoms with Crippen molar-refractivity contribution in [3.8, 4) is 5.75 Å². The van der Waals surface area contributed by atoms with Crippen molar-refractivity contribution < 1.29 is 14.3 Å². The van der Waals surface area contributed by atoms with Crippen LogP contribution in [0.5, 0.6) is 5.75 Å². The summed E-state index contributed by atoms with van der Waals surface area (Å²) in [5.74, 6) is 0.0359. The zero-order chi connectivity index (χ0) is 20.4. The van der Waals surface area contributed by atoms with Crippen LogP contribution in [0.3, 0.4) is 0 Å².